The maximum Gasteiger partial charge on any atom is 0.328 e. The molecule has 1 atom stereocenters. The molecule has 1 aromatic rings. The number of carbonyl (C=O) groups is 1. The molecule has 0 amide bonds. The number of halogens is 2. The number of hydrogen-bond donors (Lipinski definition) is 1. The fraction of sp³-hybridized carbons (Fsp3) is 0.500. The lowest BCUT2D eigenvalue weighted by Crippen LogP contribution is -2.18. The van der Waals surface area contributed by atoms with E-state index >= 15 is 0 Å². The average Bonchev–Trinajstić information content (AvgIpc) is 2.63. The first-order chi connectivity index (χ1) is 7.88. The summed E-state index contributed by atoms with van der Waals surface area (Å²) in [5.74, 6) is -1.29. The van der Waals surface area contributed by atoms with Crippen LogP contribution in [0.4, 0.5) is 14.5 Å². The summed E-state index contributed by atoms with van der Waals surface area (Å²) >= 11 is 0. The highest BCUT2D eigenvalue weighted by Crippen LogP contribution is 2.28. The maximum atomic E-state index is 12.4. The van der Waals surface area contributed by atoms with Crippen LogP contribution in [0.15, 0.2) is 6.20 Å². The van der Waals surface area contributed by atoms with Crippen LogP contribution in [0.1, 0.15) is 31.5 Å². The van der Waals surface area contributed by atoms with Gasteiger partial charge >= 0.3 is 11.7 Å². The van der Waals surface area contributed by atoms with E-state index in [1.807, 2.05) is 0 Å². The molecule has 0 aromatic carbocycles. The number of alkyl halides is 2. The molecule has 0 aliphatic carbocycles. The molecule has 1 rings (SSSR count). The Labute approximate surface area is 93.8 Å². The third kappa shape index (κ3) is 2.55. The van der Waals surface area contributed by atoms with Crippen LogP contribution < -0.4 is 0 Å². The van der Waals surface area contributed by atoms with Crippen LogP contribution in [-0.4, -0.2) is 25.8 Å². The number of hydrogen-bond acceptors (Lipinski definition) is 4. The van der Waals surface area contributed by atoms with Crippen LogP contribution in [-0.2, 0) is 4.79 Å². The van der Waals surface area contributed by atoms with E-state index in [-0.39, 0.29) is 6.42 Å². The molecule has 94 valence electrons. The Morgan fingerprint density at radius 3 is 2.59 bits per heavy atom. The Balaban J connectivity index is 3.24. The summed E-state index contributed by atoms with van der Waals surface area (Å²) in [4.78, 5) is 20.3. The van der Waals surface area contributed by atoms with Crippen molar-refractivity contribution in [2.45, 2.75) is 25.8 Å². The van der Waals surface area contributed by atoms with Crippen molar-refractivity contribution in [3.63, 3.8) is 0 Å². The molecule has 0 spiro atoms. The van der Waals surface area contributed by atoms with E-state index in [1.54, 1.807) is 0 Å². The third-order valence-electron chi connectivity index (χ3n) is 2.13. The van der Waals surface area contributed by atoms with Gasteiger partial charge in [-0.25, -0.2) is 13.6 Å². The summed E-state index contributed by atoms with van der Waals surface area (Å²) in [7, 11) is 0. The quantitative estimate of drug-likeness (QED) is 0.633. The monoisotopic (exact) mass is 249 g/mol. The van der Waals surface area contributed by atoms with Gasteiger partial charge in [-0.15, -0.1) is 0 Å². The molecule has 1 N–H and O–H groups in total. The molecular formula is C8H9F2N3O4. The molecule has 0 unspecified atom stereocenters. The minimum atomic E-state index is -3.12. The SMILES string of the molecule is CC[C@H](C(=O)O)n1cc([N+](=O)[O-])c(C(F)F)n1. The van der Waals surface area contributed by atoms with Gasteiger partial charge in [0.05, 0.1) is 4.92 Å². The summed E-state index contributed by atoms with van der Waals surface area (Å²) in [5, 5.41) is 22.5. The molecule has 9 heteroatoms. The largest absolute Gasteiger partial charge is 0.480 e. The zero-order chi connectivity index (χ0) is 13.2. The number of nitro groups is 1. The number of rotatable bonds is 5. The average molecular weight is 249 g/mol. The molecule has 0 aliphatic heterocycles. The van der Waals surface area contributed by atoms with Gasteiger partial charge in [0.1, 0.15) is 12.2 Å². The summed E-state index contributed by atoms with van der Waals surface area (Å²) in [6.45, 7) is 1.51. The Morgan fingerprint density at radius 1 is 1.71 bits per heavy atom. The summed E-state index contributed by atoms with van der Waals surface area (Å²) in [5.41, 5.74) is -1.89. The lowest BCUT2D eigenvalue weighted by Gasteiger charge is -2.08. The van der Waals surface area contributed by atoms with Crippen molar-refractivity contribution in [1.82, 2.24) is 9.78 Å². The Morgan fingerprint density at radius 2 is 2.29 bits per heavy atom. The zero-order valence-corrected chi connectivity index (χ0v) is 8.71. The number of nitrogens with zero attached hydrogens (tertiary/aromatic N) is 3. The van der Waals surface area contributed by atoms with Crippen molar-refractivity contribution in [3.8, 4) is 0 Å². The molecule has 0 saturated carbocycles. The molecule has 0 aliphatic rings. The Kier molecular flexibility index (Phi) is 3.71. The van der Waals surface area contributed by atoms with Gasteiger partial charge in [0.25, 0.3) is 6.43 Å². The maximum absolute atomic E-state index is 12.4. The predicted octanol–water partition coefficient (Wildman–Crippen LogP) is 1.76. The predicted molar refractivity (Wildman–Crippen MR) is 50.8 cm³/mol. The smallest absolute Gasteiger partial charge is 0.328 e. The van der Waals surface area contributed by atoms with E-state index < -0.39 is 34.7 Å². The molecule has 0 fully saturated rings. The van der Waals surface area contributed by atoms with Crippen LogP contribution in [0.5, 0.6) is 0 Å². The fourth-order valence-electron chi connectivity index (χ4n) is 1.33. The second-order valence-corrected chi connectivity index (χ2v) is 3.20. The van der Waals surface area contributed by atoms with E-state index in [0.29, 0.717) is 10.9 Å². The van der Waals surface area contributed by atoms with Gasteiger partial charge in [0.2, 0.25) is 5.69 Å². The topological polar surface area (TPSA) is 98.3 Å². The van der Waals surface area contributed by atoms with Crippen molar-refractivity contribution in [2.75, 3.05) is 0 Å². The second-order valence-electron chi connectivity index (χ2n) is 3.20. The molecule has 1 heterocycles. The van der Waals surface area contributed by atoms with Crippen LogP contribution in [0.2, 0.25) is 0 Å². The normalized spacial score (nSPS) is 12.7. The van der Waals surface area contributed by atoms with Crippen molar-refractivity contribution < 1.29 is 23.6 Å². The van der Waals surface area contributed by atoms with Crippen molar-refractivity contribution in [3.05, 3.63) is 22.0 Å². The van der Waals surface area contributed by atoms with Crippen LogP contribution in [0, 0.1) is 10.1 Å². The van der Waals surface area contributed by atoms with Gasteiger partial charge in [-0.05, 0) is 6.42 Å². The van der Waals surface area contributed by atoms with Crippen molar-refractivity contribution >= 4 is 11.7 Å². The van der Waals surface area contributed by atoms with Gasteiger partial charge in [-0.2, -0.15) is 5.10 Å². The summed E-state index contributed by atoms with van der Waals surface area (Å²) in [6.07, 6.45) is -2.33. The van der Waals surface area contributed by atoms with E-state index in [0.717, 1.165) is 0 Å². The highest BCUT2D eigenvalue weighted by Gasteiger charge is 2.30. The molecule has 17 heavy (non-hydrogen) atoms. The van der Waals surface area contributed by atoms with Crippen molar-refractivity contribution in [1.29, 1.82) is 0 Å². The first-order valence-corrected chi connectivity index (χ1v) is 4.62. The molecule has 7 nitrogen and oxygen atoms in total. The third-order valence-corrected chi connectivity index (χ3v) is 2.13. The van der Waals surface area contributed by atoms with Gasteiger partial charge in [-0.3, -0.25) is 14.8 Å². The highest BCUT2D eigenvalue weighted by molar-refractivity contribution is 5.71. The first kappa shape index (κ1) is 13.0. The zero-order valence-electron chi connectivity index (χ0n) is 8.71. The van der Waals surface area contributed by atoms with Crippen LogP contribution >= 0.6 is 0 Å². The summed E-state index contributed by atoms with van der Waals surface area (Å²) < 4.78 is 25.6. The first-order valence-electron chi connectivity index (χ1n) is 4.62. The second kappa shape index (κ2) is 4.85. The van der Waals surface area contributed by atoms with E-state index in [2.05, 4.69) is 5.10 Å². The van der Waals surface area contributed by atoms with Crippen LogP contribution in [0.3, 0.4) is 0 Å². The standard InChI is InChI=1S/C8H9F2N3O4/c1-2-4(8(14)15)12-3-5(13(16)17)6(11-12)7(9)10/h3-4,7H,2H2,1H3,(H,14,15)/t4-/m1/s1. The number of aromatic nitrogens is 2. The molecule has 0 bridgehead atoms. The van der Waals surface area contributed by atoms with E-state index in [1.165, 1.54) is 6.92 Å². The number of aliphatic carboxylic acids is 1. The van der Waals surface area contributed by atoms with E-state index in [4.69, 9.17) is 5.11 Å². The number of carboxylic acid groups (broad SMARTS) is 1. The Bertz CT molecular complexity index is 446. The fourth-order valence-corrected chi connectivity index (χ4v) is 1.33. The molecular weight excluding hydrogens is 240 g/mol. The van der Waals surface area contributed by atoms with Gasteiger partial charge in [-0.1, -0.05) is 6.92 Å². The van der Waals surface area contributed by atoms with Crippen molar-refractivity contribution in [2.24, 2.45) is 0 Å². The lowest BCUT2D eigenvalue weighted by atomic mass is 10.2. The molecule has 0 saturated heterocycles. The van der Waals surface area contributed by atoms with Gasteiger partial charge in [0, 0.05) is 0 Å². The Hall–Kier alpha value is -2.06. The minimum Gasteiger partial charge on any atom is -0.480 e. The van der Waals surface area contributed by atoms with Gasteiger partial charge in [0.15, 0.2) is 0 Å². The highest BCUT2D eigenvalue weighted by atomic mass is 19.3. The van der Waals surface area contributed by atoms with Crippen LogP contribution in [0.25, 0.3) is 0 Å². The minimum absolute atomic E-state index is 0.0802. The number of carboxylic acids is 1. The summed E-state index contributed by atoms with van der Waals surface area (Å²) in [6, 6.07) is -1.19. The lowest BCUT2D eigenvalue weighted by molar-refractivity contribution is -0.386. The molecule has 0 radical (unpaired) electrons. The molecule has 1 aromatic heterocycles. The van der Waals surface area contributed by atoms with E-state index in [9.17, 15) is 23.7 Å². The van der Waals surface area contributed by atoms with Gasteiger partial charge < -0.3 is 5.11 Å².